The molecule has 0 aliphatic carbocycles. The highest BCUT2D eigenvalue weighted by Crippen LogP contribution is 2.17. The molecule has 4 heteroatoms. The van der Waals surface area contributed by atoms with E-state index in [-0.39, 0.29) is 12.0 Å². The zero-order valence-electron chi connectivity index (χ0n) is 13.7. The Morgan fingerprint density at radius 3 is 2.26 bits per heavy atom. The number of hydrogen-bond acceptors (Lipinski definition) is 4. The number of carbonyl (C=O) groups is 1. The maximum atomic E-state index is 11.9. The van der Waals surface area contributed by atoms with Crippen molar-refractivity contribution < 1.29 is 9.53 Å². The van der Waals surface area contributed by atoms with E-state index in [4.69, 9.17) is 4.74 Å². The molecule has 114 valence electrons. The lowest BCUT2D eigenvalue weighted by Gasteiger charge is -2.30. The first-order valence-corrected chi connectivity index (χ1v) is 7.29. The average Bonchev–Trinajstić information content (AvgIpc) is 2.32. The van der Waals surface area contributed by atoms with E-state index in [2.05, 4.69) is 31.1 Å². The summed E-state index contributed by atoms with van der Waals surface area (Å²) >= 11 is 0. The first kappa shape index (κ1) is 18.4. The minimum Gasteiger partial charge on any atom is -0.468 e. The molecule has 0 fully saturated rings. The summed E-state index contributed by atoms with van der Waals surface area (Å²) in [4.78, 5) is 14.2. The smallest absolute Gasteiger partial charge is 0.325 e. The topological polar surface area (TPSA) is 41.6 Å². The summed E-state index contributed by atoms with van der Waals surface area (Å²) in [6.45, 7) is 11.5. The van der Waals surface area contributed by atoms with Crippen LogP contribution in [0.15, 0.2) is 0 Å². The number of nitrogens with zero attached hydrogens (tertiary/aromatic N) is 1. The summed E-state index contributed by atoms with van der Waals surface area (Å²) in [5, 5.41) is 3.33. The predicted molar refractivity (Wildman–Crippen MR) is 80.3 cm³/mol. The van der Waals surface area contributed by atoms with E-state index in [0.717, 1.165) is 25.8 Å². The van der Waals surface area contributed by atoms with Crippen molar-refractivity contribution in [3.8, 4) is 0 Å². The molecule has 0 saturated carbocycles. The van der Waals surface area contributed by atoms with Crippen LogP contribution >= 0.6 is 0 Å². The van der Waals surface area contributed by atoms with Gasteiger partial charge in [0.25, 0.3) is 0 Å². The predicted octanol–water partition coefficient (Wildman–Crippen LogP) is 2.43. The maximum Gasteiger partial charge on any atom is 0.325 e. The molecule has 1 atom stereocenters. The molecule has 0 bridgehead atoms. The van der Waals surface area contributed by atoms with Gasteiger partial charge in [0, 0.05) is 12.1 Å². The van der Waals surface area contributed by atoms with Crippen molar-refractivity contribution in [2.45, 2.75) is 71.5 Å². The average molecular weight is 272 g/mol. The molecular formula is C15H32N2O2. The Balaban J connectivity index is 4.24. The van der Waals surface area contributed by atoms with Gasteiger partial charge in [-0.2, -0.15) is 0 Å². The van der Waals surface area contributed by atoms with Crippen LogP contribution in [0.4, 0.5) is 0 Å². The number of unbranched alkanes of at least 4 members (excludes halogenated alkanes) is 1. The van der Waals surface area contributed by atoms with Crippen LogP contribution in [0.1, 0.15) is 53.9 Å². The number of carbonyl (C=O) groups excluding carboxylic acids is 1. The molecule has 0 heterocycles. The van der Waals surface area contributed by atoms with Gasteiger partial charge in [-0.1, -0.05) is 0 Å². The van der Waals surface area contributed by atoms with Crippen molar-refractivity contribution in [1.82, 2.24) is 10.2 Å². The van der Waals surface area contributed by atoms with Crippen LogP contribution in [0.2, 0.25) is 0 Å². The molecular weight excluding hydrogens is 240 g/mol. The van der Waals surface area contributed by atoms with Gasteiger partial charge in [0.05, 0.1) is 7.11 Å². The van der Waals surface area contributed by atoms with Crippen molar-refractivity contribution in [2.24, 2.45) is 0 Å². The van der Waals surface area contributed by atoms with E-state index in [1.165, 1.54) is 7.11 Å². The number of esters is 1. The highest BCUT2D eigenvalue weighted by atomic mass is 16.5. The van der Waals surface area contributed by atoms with Gasteiger partial charge in [0.15, 0.2) is 0 Å². The van der Waals surface area contributed by atoms with Crippen LogP contribution < -0.4 is 5.32 Å². The number of methoxy groups -OCH3 is 1. The Bertz CT molecular complexity index is 267. The first-order valence-electron chi connectivity index (χ1n) is 7.29. The maximum absolute atomic E-state index is 11.9. The number of ether oxygens (including phenoxy) is 1. The van der Waals surface area contributed by atoms with Gasteiger partial charge in [-0.05, 0) is 67.5 Å². The lowest BCUT2D eigenvalue weighted by Crippen LogP contribution is -2.53. The summed E-state index contributed by atoms with van der Waals surface area (Å²) in [7, 11) is 3.59. The zero-order valence-corrected chi connectivity index (χ0v) is 13.7. The van der Waals surface area contributed by atoms with Crippen molar-refractivity contribution in [2.75, 3.05) is 20.7 Å². The molecule has 0 rings (SSSR count). The fourth-order valence-corrected chi connectivity index (χ4v) is 2.19. The summed E-state index contributed by atoms with van der Waals surface area (Å²) in [5.74, 6) is -0.168. The highest BCUT2D eigenvalue weighted by molar-refractivity contribution is 5.80. The van der Waals surface area contributed by atoms with E-state index in [0.29, 0.717) is 6.04 Å². The summed E-state index contributed by atoms with van der Waals surface area (Å²) in [5.41, 5.74) is -0.570. The largest absolute Gasteiger partial charge is 0.468 e. The van der Waals surface area contributed by atoms with Crippen molar-refractivity contribution in [1.29, 1.82) is 0 Å². The SMILES string of the molecule is COC(=O)C(C)(CCCCN(C)C(C)C)NC(C)C. The Hall–Kier alpha value is -0.610. The van der Waals surface area contributed by atoms with E-state index < -0.39 is 5.54 Å². The minimum absolute atomic E-state index is 0.168. The van der Waals surface area contributed by atoms with E-state index in [1.54, 1.807) is 0 Å². The molecule has 0 aromatic carbocycles. The monoisotopic (exact) mass is 272 g/mol. The van der Waals surface area contributed by atoms with Crippen LogP contribution in [0, 0.1) is 0 Å². The van der Waals surface area contributed by atoms with E-state index >= 15 is 0 Å². The van der Waals surface area contributed by atoms with Crippen LogP contribution in [-0.4, -0.2) is 49.2 Å². The third-order valence-electron chi connectivity index (χ3n) is 3.56. The van der Waals surface area contributed by atoms with Gasteiger partial charge in [-0.15, -0.1) is 0 Å². The highest BCUT2D eigenvalue weighted by Gasteiger charge is 2.33. The molecule has 19 heavy (non-hydrogen) atoms. The Labute approximate surface area is 118 Å². The molecule has 0 spiro atoms. The van der Waals surface area contributed by atoms with E-state index in [1.807, 2.05) is 20.8 Å². The first-order chi connectivity index (χ1) is 8.73. The van der Waals surface area contributed by atoms with Crippen LogP contribution in [-0.2, 0) is 9.53 Å². The molecule has 0 radical (unpaired) electrons. The molecule has 0 amide bonds. The molecule has 4 nitrogen and oxygen atoms in total. The molecule has 0 saturated heterocycles. The van der Waals surface area contributed by atoms with E-state index in [9.17, 15) is 4.79 Å². The second kappa shape index (κ2) is 8.54. The molecule has 0 aliphatic heterocycles. The Morgan fingerprint density at radius 1 is 1.26 bits per heavy atom. The zero-order chi connectivity index (χ0) is 15.1. The van der Waals surface area contributed by atoms with Gasteiger partial charge >= 0.3 is 5.97 Å². The Morgan fingerprint density at radius 2 is 1.84 bits per heavy atom. The second-order valence-electron chi connectivity index (χ2n) is 6.15. The Kier molecular flexibility index (Phi) is 8.26. The van der Waals surface area contributed by atoms with Gasteiger partial charge < -0.3 is 9.64 Å². The summed E-state index contributed by atoms with van der Waals surface area (Å²) < 4.78 is 4.92. The fraction of sp³-hybridized carbons (Fsp3) is 0.933. The van der Waals surface area contributed by atoms with Crippen molar-refractivity contribution >= 4 is 5.97 Å². The van der Waals surface area contributed by atoms with Gasteiger partial charge in [0.1, 0.15) is 5.54 Å². The normalized spacial score (nSPS) is 15.1. The number of rotatable bonds is 9. The number of nitrogens with one attached hydrogen (secondary N) is 1. The van der Waals surface area contributed by atoms with Gasteiger partial charge in [0.2, 0.25) is 0 Å². The van der Waals surface area contributed by atoms with Gasteiger partial charge in [-0.25, -0.2) is 0 Å². The molecule has 0 aromatic heterocycles. The van der Waals surface area contributed by atoms with Gasteiger partial charge in [-0.3, -0.25) is 10.1 Å². The van der Waals surface area contributed by atoms with Crippen LogP contribution in [0.5, 0.6) is 0 Å². The lowest BCUT2D eigenvalue weighted by molar-refractivity contribution is -0.148. The molecule has 0 aliphatic rings. The summed E-state index contributed by atoms with van der Waals surface area (Å²) in [6.07, 6.45) is 2.92. The fourth-order valence-electron chi connectivity index (χ4n) is 2.19. The van der Waals surface area contributed by atoms with Crippen molar-refractivity contribution in [3.63, 3.8) is 0 Å². The van der Waals surface area contributed by atoms with Crippen molar-refractivity contribution in [3.05, 3.63) is 0 Å². The van der Waals surface area contributed by atoms with Crippen LogP contribution in [0.25, 0.3) is 0 Å². The lowest BCUT2D eigenvalue weighted by atomic mass is 9.93. The standard InChI is InChI=1S/C15H32N2O2/c1-12(2)16-15(5,14(18)19-7)10-8-9-11-17(6)13(3)4/h12-13,16H,8-11H2,1-7H3. The minimum atomic E-state index is -0.570. The van der Waals surface area contributed by atoms with Crippen LogP contribution in [0.3, 0.4) is 0 Å². The summed E-state index contributed by atoms with van der Waals surface area (Å²) in [6, 6.07) is 0.836. The molecule has 1 unspecified atom stereocenters. The number of hydrogen-bond donors (Lipinski definition) is 1. The molecule has 0 aromatic rings. The third kappa shape index (κ3) is 6.92. The molecule has 1 N–H and O–H groups in total. The second-order valence-corrected chi connectivity index (χ2v) is 6.15. The third-order valence-corrected chi connectivity index (χ3v) is 3.56. The quantitative estimate of drug-likeness (QED) is 0.517.